The van der Waals surface area contributed by atoms with Crippen LogP contribution in [-0.2, 0) is 0 Å². The number of rotatable bonds is 2. The van der Waals surface area contributed by atoms with Crippen LogP contribution in [0, 0.1) is 5.82 Å². The Morgan fingerprint density at radius 3 is 2.62 bits per heavy atom. The minimum absolute atomic E-state index is 0.247. The van der Waals surface area contributed by atoms with Gasteiger partial charge in [-0.2, -0.15) is 0 Å². The fourth-order valence-electron chi connectivity index (χ4n) is 1.63. The zero-order chi connectivity index (χ0) is 11.7. The fourth-order valence-corrected chi connectivity index (χ4v) is 2.02. The maximum atomic E-state index is 13.7. The van der Waals surface area contributed by atoms with Crippen molar-refractivity contribution in [1.82, 2.24) is 9.97 Å². The molecule has 1 heterocycles. The quantitative estimate of drug-likeness (QED) is 0.883. The van der Waals surface area contributed by atoms with Gasteiger partial charge in [-0.3, -0.25) is 0 Å². The average Bonchev–Trinajstić information content (AvgIpc) is 2.61. The summed E-state index contributed by atoms with van der Waals surface area (Å²) in [5, 5.41) is 0. The third-order valence-corrected chi connectivity index (χ3v) is 2.78. The van der Waals surface area contributed by atoms with Crippen molar-refractivity contribution in [1.29, 1.82) is 0 Å². The molecule has 0 fully saturated rings. The van der Waals surface area contributed by atoms with Crippen molar-refractivity contribution in [3.63, 3.8) is 0 Å². The summed E-state index contributed by atoms with van der Waals surface area (Å²) in [5.74, 6) is 0.0248. The lowest BCUT2D eigenvalue weighted by Crippen LogP contribution is -1.93. The Morgan fingerprint density at radius 1 is 1.31 bits per heavy atom. The first-order chi connectivity index (χ1) is 7.59. The van der Waals surface area contributed by atoms with Crippen molar-refractivity contribution in [2.45, 2.75) is 19.8 Å². The van der Waals surface area contributed by atoms with Gasteiger partial charge in [0, 0.05) is 11.3 Å². The predicted molar refractivity (Wildman–Crippen MR) is 65.8 cm³/mol. The molecule has 0 atom stereocenters. The number of nitrogens with one attached hydrogen (secondary N) is 1. The average molecular weight is 283 g/mol. The van der Waals surface area contributed by atoms with Crippen molar-refractivity contribution in [2.75, 3.05) is 0 Å². The van der Waals surface area contributed by atoms with Crippen LogP contribution in [0.1, 0.15) is 25.5 Å². The number of hydrogen-bond acceptors (Lipinski definition) is 1. The molecule has 0 aliphatic rings. The highest BCUT2D eigenvalue weighted by Gasteiger charge is 2.16. The Hall–Kier alpha value is -1.16. The summed E-state index contributed by atoms with van der Waals surface area (Å²) >= 11 is 3.28. The first kappa shape index (κ1) is 11.3. The van der Waals surface area contributed by atoms with Gasteiger partial charge in [-0.25, -0.2) is 9.37 Å². The van der Waals surface area contributed by atoms with Crippen molar-refractivity contribution in [2.24, 2.45) is 0 Å². The second-order valence-corrected chi connectivity index (χ2v) is 4.68. The molecule has 0 aliphatic heterocycles. The van der Waals surface area contributed by atoms with Gasteiger partial charge in [0.25, 0.3) is 0 Å². The van der Waals surface area contributed by atoms with Gasteiger partial charge in [0.2, 0.25) is 0 Å². The second kappa shape index (κ2) is 4.37. The SMILES string of the molecule is CC(C)c1[nH]c(Br)nc1-c1ccccc1F. The van der Waals surface area contributed by atoms with E-state index < -0.39 is 0 Å². The number of halogens is 2. The lowest BCUT2D eigenvalue weighted by molar-refractivity contribution is 0.630. The molecule has 0 spiro atoms. The molecule has 84 valence electrons. The van der Waals surface area contributed by atoms with Crippen LogP contribution in [0.4, 0.5) is 4.39 Å². The van der Waals surface area contributed by atoms with Gasteiger partial charge in [0.1, 0.15) is 5.82 Å². The molecule has 1 N–H and O–H groups in total. The van der Waals surface area contributed by atoms with Gasteiger partial charge >= 0.3 is 0 Å². The number of imidazole rings is 1. The minimum Gasteiger partial charge on any atom is -0.336 e. The van der Waals surface area contributed by atoms with E-state index in [4.69, 9.17) is 0 Å². The summed E-state index contributed by atoms with van der Waals surface area (Å²) in [5.41, 5.74) is 2.16. The van der Waals surface area contributed by atoms with E-state index in [1.54, 1.807) is 12.1 Å². The van der Waals surface area contributed by atoms with Crippen LogP contribution < -0.4 is 0 Å². The van der Waals surface area contributed by atoms with Gasteiger partial charge in [-0.05, 0) is 34.0 Å². The topological polar surface area (TPSA) is 28.7 Å². The smallest absolute Gasteiger partial charge is 0.175 e. The highest BCUT2D eigenvalue weighted by Crippen LogP contribution is 2.30. The van der Waals surface area contributed by atoms with Crippen molar-refractivity contribution < 1.29 is 4.39 Å². The molecule has 16 heavy (non-hydrogen) atoms. The minimum atomic E-state index is -0.247. The van der Waals surface area contributed by atoms with Crippen molar-refractivity contribution in [3.05, 3.63) is 40.5 Å². The molecule has 0 amide bonds. The first-order valence-corrected chi connectivity index (χ1v) is 5.89. The standard InChI is InChI=1S/C12H12BrFN2/c1-7(2)10-11(16-12(13)15-10)8-5-3-4-6-9(8)14/h3-7H,1-2H3,(H,15,16). The molecule has 2 rings (SSSR count). The molecule has 2 nitrogen and oxygen atoms in total. The van der Waals surface area contributed by atoms with Crippen LogP contribution in [-0.4, -0.2) is 9.97 Å². The van der Waals surface area contributed by atoms with Crippen LogP contribution in [0.2, 0.25) is 0 Å². The van der Waals surface area contributed by atoms with Crippen LogP contribution in [0.5, 0.6) is 0 Å². The first-order valence-electron chi connectivity index (χ1n) is 5.10. The molecule has 0 bridgehead atoms. The Morgan fingerprint density at radius 2 is 2.00 bits per heavy atom. The number of aromatic amines is 1. The van der Waals surface area contributed by atoms with E-state index in [2.05, 4.69) is 25.9 Å². The van der Waals surface area contributed by atoms with Crippen LogP contribution in [0.3, 0.4) is 0 Å². The molecule has 4 heteroatoms. The summed E-state index contributed by atoms with van der Waals surface area (Å²) in [4.78, 5) is 7.39. The molecular weight excluding hydrogens is 271 g/mol. The Kier molecular flexibility index (Phi) is 3.10. The van der Waals surface area contributed by atoms with E-state index in [0.717, 1.165) is 5.69 Å². The zero-order valence-corrected chi connectivity index (χ0v) is 10.7. The zero-order valence-electron chi connectivity index (χ0n) is 9.09. The number of H-pyrrole nitrogens is 1. The highest BCUT2D eigenvalue weighted by atomic mass is 79.9. The summed E-state index contributed by atoms with van der Waals surface area (Å²) < 4.78 is 14.3. The van der Waals surface area contributed by atoms with Gasteiger partial charge in [-0.1, -0.05) is 26.0 Å². The molecule has 0 unspecified atom stereocenters. The van der Waals surface area contributed by atoms with E-state index in [1.807, 2.05) is 19.9 Å². The van der Waals surface area contributed by atoms with E-state index in [0.29, 0.717) is 16.0 Å². The maximum Gasteiger partial charge on any atom is 0.175 e. The Balaban J connectivity index is 2.60. The lowest BCUT2D eigenvalue weighted by atomic mass is 10.0. The number of hydrogen-bond donors (Lipinski definition) is 1. The third kappa shape index (κ3) is 2.02. The molecule has 1 aromatic heterocycles. The van der Waals surface area contributed by atoms with Crippen LogP contribution >= 0.6 is 15.9 Å². The highest BCUT2D eigenvalue weighted by molar-refractivity contribution is 9.10. The number of aromatic nitrogens is 2. The van der Waals surface area contributed by atoms with Crippen molar-refractivity contribution in [3.8, 4) is 11.3 Å². The summed E-state index contributed by atoms with van der Waals surface area (Å²) in [7, 11) is 0. The molecule has 2 aromatic rings. The Labute approximate surface area is 102 Å². The summed E-state index contributed by atoms with van der Waals surface area (Å²) in [6.45, 7) is 4.09. The molecule has 0 aliphatic carbocycles. The second-order valence-electron chi connectivity index (χ2n) is 3.92. The summed E-state index contributed by atoms with van der Waals surface area (Å²) in [6.07, 6.45) is 0. The lowest BCUT2D eigenvalue weighted by Gasteiger charge is -2.06. The van der Waals surface area contributed by atoms with Gasteiger partial charge in [0.15, 0.2) is 4.73 Å². The maximum absolute atomic E-state index is 13.7. The normalized spacial score (nSPS) is 11.1. The van der Waals surface area contributed by atoms with Crippen LogP contribution in [0.15, 0.2) is 29.0 Å². The molecule has 0 saturated heterocycles. The van der Waals surface area contributed by atoms with E-state index in [1.165, 1.54) is 6.07 Å². The Bertz CT molecular complexity index is 505. The summed E-state index contributed by atoms with van der Waals surface area (Å²) in [6, 6.07) is 6.67. The third-order valence-electron chi connectivity index (χ3n) is 2.41. The molecular formula is C12H12BrFN2. The van der Waals surface area contributed by atoms with E-state index in [9.17, 15) is 4.39 Å². The molecule has 1 aromatic carbocycles. The van der Waals surface area contributed by atoms with E-state index >= 15 is 0 Å². The van der Waals surface area contributed by atoms with Gasteiger partial charge in [-0.15, -0.1) is 0 Å². The number of nitrogens with zero attached hydrogens (tertiary/aromatic N) is 1. The van der Waals surface area contributed by atoms with E-state index in [-0.39, 0.29) is 11.7 Å². The predicted octanol–water partition coefficient (Wildman–Crippen LogP) is 4.10. The fraction of sp³-hybridized carbons (Fsp3) is 0.250. The van der Waals surface area contributed by atoms with Crippen molar-refractivity contribution >= 4 is 15.9 Å². The monoisotopic (exact) mass is 282 g/mol. The largest absolute Gasteiger partial charge is 0.336 e. The van der Waals surface area contributed by atoms with Crippen LogP contribution in [0.25, 0.3) is 11.3 Å². The molecule has 0 saturated carbocycles. The van der Waals surface area contributed by atoms with Gasteiger partial charge in [0.05, 0.1) is 5.69 Å². The molecule has 0 radical (unpaired) electrons. The number of benzene rings is 1. The van der Waals surface area contributed by atoms with Gasteiger partial charge < -0.3 is 4.98 Å².